The lowest BCUT2D eigenvalue weighted by Gasteiger charge is -2.33. The Hall–Kier alpha value is -3.61. The smallest absolute Gasteiger partial charge is 0.219 e. The van der Waals surface area contributed by atoms with Gasteiger partial charge >= 0.3 is 0 Å². The van der Waals surface area contributed by atoms with E-state index in [1.54, 1.807) is 19.3 Å². The van der Waals surface area contributed by atoms with Gasteiger partial charge in [0.25, 0.3) is 0 Å². The van der Waals surface area contributed by atoms with Gasteiger partial charge < -0.3 is 20.9 Å². The minimum atomic E-state index is 0.136. The van der Waals surface area contributed by atoms with Gasteiger partial charge in [0.1, 0.15) is 5.65 Å². The van der Waals surface area contributed by atoms with Gasteiger partial charge in [0.2, 0.25) is 5.91 Å². The minimum Gasteiger partial charge on any atom is -0.396 e. The molecule has 1 fully saturated rings. The summed E-state index contributed by atoms with van der Waals surface area (Å²) in [5.74, 6) is 0.136. The lowest BCUT2D eigenvalue weighted by Crippen LogP contribution is -2.41. The van der Waals surface area contributed by atoms with E-state index in [9.17, 15) is 4.79 Å². The van der Waals surface area contributed by atoms with Crippen molar-refractivity contribution in [2.45, 2.75) is 32.7 Å². The van der Waals surface area contributed by atoms with Crippen molar-refractivity contribution in [2.75, 3.05) is 24.1 Å². The van der Waals surface area contributed by atoms with Crippen LogP contribution in [-0.4, -0.2) is 44.9 Å². The molecule has 7 nitrogen and oxygen atoms in total. The Morgan fingerprint density at radius 1 is 1.35 bits per heavy atom. The number of nitrogens with zero attached hydrogens (tertiary/aromatic N) is 3. The molecular weight excluding hydrogens is 388 g/mol. The topological polar surface area (TPSA) is 99.9 Å². The van der Waals surface area contributed by atoms with Crippen molar-refractivity contribution in [1.29, 1.82) is 0 Å². The molecule has 160 valence electrons. The second kappa shape index (κ2) is 8.63. The lowest BCUT2D eigenvalue weighted by molar-refractivity contribution is -0.129. The Morgan fingerprint density at radius 3 is 2.87 bits per heavy atom. The summed E-state index contributed by atoms with van der Waals surface area (Å²) in [6.45, 7) is 9.39. The van der Waals surface area contributed by atoms with E-state index in [2.05, 4.69) is 26.8 Å². The largest absolute Gasteiger partial charge is 0.396 e. The van der Waals surface area contributed by atoms with Crippen molar-refractivity contribution in [3.63, 3.8) is 0 Å². The van der Waals surface area contributed by atoms with Crippen LogP contribution >= 0.6 is 0 Å². The average Bonchev–Trinajstić information content (AvgIpc) is 3.20. The van der Waals surface area contributed by atoms with Crippen LogP contribution in [0.4, 0.5) is 11.4 Å². The minimum absolute atomic E-state index is 0.136. The molecule has 4 heterocycles. The van der Waals surface area contributed by atoms with Crippen LogP contribution < -0.4 is 11.1 Å². The van der Waals surface area contributed by atoms with Crippen LogP contribution in [0.5, 0.6) is 0 Å². The Balaban J connectivity index is 1.51. The van der Waals surface area contributed by atoms with Crippen LogP contribution in [-0.2, 0) is 4.79 Å². The van der Waals surface area contributed by atoms with Gasteiger partial charge in [-0.3, -0.25) is 9.78 Å². The summed E-state index contributed by atoms with van der Waals surface area (Å²) in [6.07, 6.45) is 11.1. The van der Waals surface area contributed by atoms with Gasteiger partial charge in [-0.15, -0.1) is 0 Å². The number of hydrogen-bond donors (Lipinski definition) is 3. The Morgan fingerprint density at radius 2 is 2.13 bits per heavy atom. The predicted molar refractivity (Wildman–Crippen MR) is 126 cm³/mol. The third-order valence-electron chi connectivity index (χ3n) is 5.92. The van der Waals surface area contributed by atoms with Crippen molar-refractivity contribution in [2.24, 2.45) is 0 Å². The van der Waals surface area contributed by atoms with Gasteiger partial charge in [0.15, 0.2) is 0 Å². The number of hydrogen-bond acceptors (Lipinski definition) is 5. The monoisotopic (exact) mass is 416 g/mol. The normalized spacial score (nSPS) is 15.0. The molecule has 1 aliphatic rings. The first-order chi connectivity index (χ1) is 14.9. The molecule has 7 heteroatoms. The third-order valence-corrected chi connectivity index (χ3v) is 5.92. The predicted octanol–water partition coefficient (Wildman–Crippen LogP) is 4.00. The molecule has 0 spiro atoms. The highest BCUT2D eigenvalue weighted by molar-refractivity contribution is 5.94. The quantitative estimate of drug-likeness (QED) is 0.546. The lowest BCUT2D eigenvalue weighted by atomic mass is 10.0. The van der Waals surface area contributed by atoms with Crippen LogP contribution in [0.1, 0.15) is 36.6 Å². The maximum absolute atomic E-state index is 11.6. The number of nitrogen functional groups attached to an aromatic ring is 1. The molecule has 3 aromatic heterocycles. The SMILES string of the molecule is C=C(/C=C\c1ncc(N)c(NC2CCN(C(C)=O)CC2)c1C)c1c[nH]c2ncccc12. The van der Waals surface area contributed by atoms with E-state index >= 15 is 0 Å². The van der Waals surface area contributed by atoms with Crippen molar-refractivity contribution in [3.05, 3.63) is 60.2 Å². The fraction of sp³-hybridized carbons (Fsp3) is 0.292. The summed E-state index contributed by atoms with van der Waals surface area (Å²) in [7, 11) is 0. The van der Waals surface area contributed by atoms with Crippen LogP contribution in [0.25, 0.3) is 22.7 Å². The maximum atomic E-state index is 11.6. The number of aromatic amines is 1. The molecule has 0 aromatic carbocycles. The molecule has 0 bridgehead atoms. The molecule has 31 heavy (non-hydrogen) atoms. The molecule has 0 atom stereocenters. The summed E-state index contributed by atoms with van der Waals surface area (Å²) in [5.41, 5.74) is 12.4. The van der Waals surface area contributed by atoms with Gasteiger partial charge in [0, 0.05) is 49.4 Å². The second-order valence-electron chi connectivity index (χ2n) is 7.98. The summed E-state index contributed by atoms with van der Waals surface area (Å²) in [4.78, 5) is 25.5. The fourth-order valence-corrected chi connectivity index (χ4v) is 4.04. The first-order valence-electron chi connectivity index (χ1n) is 10.5. The number of likely N-dealkylation sites (tertiary alicyclic amines) is 1. The number of anilines is 2. The van der Waals surface area contributed by atoms with Gasteiger partial charge in [-0.05, 0) is 49.1 Å². The van der Waals surface area contributed by atoms with Gasteiger partial charge in [-0.25, -0.2) is 4.98 Å². The number of aromatic nitrogens is 3. The molecule has 1 aliphatic heterocycles. The number of carbonyl (C=O) groups is 1. The number of nitrogens with two attached hydrogens (primary N) is 1. The summed E-state index contributed by atoms with van der Waals surface area (Å²) in [5, 5.41) is 4.62. The van der Waals surface area contributed by atoms with Crippen LogP contribution in [0.15, 0.2) is 43.4 Å². The first-order valence-corrected chi connectivity index (χ1v) is 10.5. The van der Waals surface area contributed by atoms with Crippen molar-refractivity contribution in [1.82, 2.24) is 19.9 Å². The van der Waals surface area contributed by atoms with E-state index in [0.29, 0.717) is 5.69 Å². The van der Waals surface area contributed by atoms with Crippen molar-refractivity contribution < 1.29 is 4.79 Å². The average molecular weight is 417 g/mol. The van der Waals surface area contributed by atoms with Crippen molar-refractivity contribution >= 4 is 40.0 Å². The molecule has 0 unspecified atom stereocenters. The molecular formula is C24H28N6O. The van der Waals surface area contributed by atoms with E-state index in [4.69, 9.17) is 5.73 Å². The molecule has 0 aliphatic carbocycles. The second-order valence-corrected chi connectivity index (χ2v) is 7.98. The maximum Gasteiger partial charge on any atom is 0.219 e. The fourth-order valence-electron chi connectivity index (χ4n) is 4.04. The zero-order valence-electron chi connectivity index (χ0n) is 18.0. The number of H-pyrrole nitrogens is 1. The summed E-state index contributed by atoms with van der Waals surface area (Å²) < 4.78 is 0. The number of nitrogens with one attached hydrogen (secondary N) is 2. The zero-order chi connectivity index (χ0) is 22.0. The molecule has 1 saturated heterocycles. The number of allylic oxidation sites excluding steroid dienone is 2. The number of piperidine rings is 1. The highest BCUT2D eigenvalue weighted by atomic mass is 16.2. The molecule has 4 rings (SSSR count). The molecule has 4 N–H and O–H groups in total. The van der Waals surface area contributed by atoms with E-state index in [0.717, 1.165) is 65.0 Å². The molecule has 3 aromatic rings. The zero-order valence-corrected chi connectivity index (χ0v) is 18.0. The number of carbonyl (C=O) groups excluding carboxylic acids is 1. The van der Waals surface area contributed by atoms with E-state index in [1.165, 1.54) is 0 Å². The molecule has 1 amide bonds. The summed E-state index contributed by atoms with van der Waals surface area (Å²) in [6, 6.07) is 4.23. The van der Waals surface area contributed by atoms with Gasteiger partial charge in [-0.1, -0.05) is 12.7 Å². The Kier molecular flexibility index (Phi) is 5.75. The first kappa shape index (κ1) is 20.7. The van der Waals surface area contributed by atoms with Gasteiger partial charge in [-0.2, -0.15) is 0 Å². The highest BCUT2D eigenvalue weighted by Gasteiger charge is 2.22. The number of rotatable bonds is 5. The van der Waals surface area contributed by atoms with Crippen LogP contribution in [0.2, 0.25) is 0 Å². The Labute approximate surface area is 182 Å². The van der Waals surface area contributed by atoms with Crippen LogP contribution in [0, 0.1) is 6.92 Å². The summed E-state index contributed by atoms with van der Waals surface area (Å²) >= 11 is 0. The number of amides is 1. The van der Waals surface area contributed by atoms with E-state index < -0.39 is 0 Å². The number of pyridine rings is 2. The standard InChI is InChI=1S/C24H28N6O/c1-15(20-13-28-24-19(20)5-4-10-26-24)6-7-22-16(2)23(21(25)14-27-22)29-18-8-11-30(12-9-18)17(3)31/h4-7,10,13-14,18H,1,8-9,11-12,25H2,2-3H3,(H,26,28)(H,27,29)/b7-6-. The molecule has 0 radical (unpaired) electrons. The Bertz CT molecular complexity index is 1150. The van der Waals surface area contributed by atoms with E-state index in [-0.39, 0.29) is 11.9 Å². The molecule has 0 saturated carbocycles. The highest BCUT2D eigenvalue weighted by Crippen LogP contribution is 2.29. The van der Waals surface area contributed by atoms with E-state index in [1.807, 2.05) is 42.3 Å². The van der Waals surface area contributed by atoms with Gasteiger partial charge in [0.05, 0.1) is 23.3 Å². The van der Waals surface area contributed by atoms with Crippen LogP contribution in [0.3, 0.4) is 0 Å². The third kappa shape index (κ3) is 4.30. The number of fused-ring (bicyclic) bond motifs is 1. The van der Waals surface area contributed by atoms with Crippen molar-refractivity contribution in [3.8, 4) is 0 Å².